The van der Waals surface area contributed by atoms with Crippen LogP contribution in [0.2, 0.25) is 0 Å². The lowest BCUT2D eigenvalue weighted by Gasteiger charge is -2.23. The Bertz CT molecular complexity index is 1160. The number of esters is 1. The van der Waals surface area contributed by atoms with Gasteiger partial charge >= 0.3 is 17.7 Å². The molecular formula is C25H27NO6. The Morgan fingerprint density at radius 3 is 2.44 bits per heavy atom. The Hall–Kier alpha value is -3.61. The van der Waals surface area contributed by atoms with E-state index in [0.29, 0.717) is 12.0 Å². The molecule has 3 aromatic rings. The highest BCUT2D eigenvalue weighted by Gasteiger charge is 2.26. The molecule has 1 heterocycles. The summed E-state index contributed by atoms with van der Waals surface area (Å²) in [6, 6.07) is 14.6. The van der Waals surface area contributed by atoms with Crippen LogP contribution in [0.25, 0.3) is 11.0 Å². The van der Waals surface area contributed by atoms with Crippen LogP contribution in [0, 0.1) is 0 Å². The fourth-order valence-electron chi connectivity index (χ4n) is 3.25. The molecular weight excluding hydrogens is 410 g/mol. The zero-order valence-corrected chi connectivity index (χ0v) is 18.6. The normalized spacial score (nSPS) is 12.2. The van der Waals surface area contributed by atoms with E-state index in [4.69, 9.17) is 13.9 Å². The van der Waals surface area contributed by atoms with Crippen molar-refractivity contribution in [1.29, 1.82) is 0 Å². The summed E-state index contributed by atoms with van der Waals surface area (Å²) < 4.78 is 16.1. The molecule has 0 radical (unpaired) electrons. The number of ether oxygens (including phenoxy) is 2. The average molecular weight is 437 g/mol. The number of carbonyl (C=O) groups is 2. The molecule has 0 saturated heterocycles. The topological polar surface area (TPSA) is 94.8 Å². The monoisotopic (exact) mass is 437 g/mol. The number of nitrogens with one attached hydrogen (secondary N) is 1. The summed E-state index contributed by atoms with van der Waals surface area (Å²) in [4.78, 5) is 37.1. The number of hydrogen-bond donors (Lipinski definition) is 1. The van der Waals surface area contributed by atoms with Crippen molar-refractivity contribution in [3.63, 3.8) is 0 Å². The first-order valence-electron chi connectivity index (χ1n) is 10.5. The summed E-state index contributed by atoms with van der Waals surface area (Å²) in [6.45, 7) is 7.16. The van der Waals surface area contributed by atoms with E-state index in [1.54, 1.807) is 32.9 Å². The number of alkyl carbamates (subject to hydrolysis) is 1. The van der Waals surface area contributed by atoms with Gasteiger partial charge in [-0.05, 0) is 50.5 Å². The number of amides is 1. The molecule has 0 unspecified atom stereocenters. The summed E-state index contributed by atoms with van der Waals surface area (Å²) >= 11 is 0. The number of carbonyl (C=O) groups excluding carboxylic acids is 2. The Kier molecular flexibility index (Phi) is 6.98. The van der Waals surface area contributed by atoms with Gasteiger partial charge in [0, 0.05) is 23.9 Å². The maximum absolute atomic E-state index is 13.0. The summed E-state index contributed by atoms with van der Waals surface area (Å²) in [5.74, 6) is -0.448. The number of hydrogen-bond acceptors (Lipinski definition) is 6. The second kappa shape index (κ2) is 9.68. The van der Waals surface area contributed by atoms with Gasteiger partial charge in [-0.3, -0.25) is 0 Å². The van der Waals surface area contributed by atoms with Gasteiger partial charge < -0.3 is 19.2 Å². The van der Waals surface area contributed by atoms with E-state index in [0.717, 1.165) is 16.5 Å². The summed E-state index contributed by atoms with van der Waals surface area (Å²) in [5.41, 5.74) is 0.856. The molecule has 0 aliphatic rings. The predicted octanol–water partition coefficient (Wildman–Crippen LogP) is 4.40. The van der Waals surface area contributed by atoms with Crippen molar-refractivity contribution in [2.24, 2.45) is 0 Å². The highest BCUT2D eigenvalue weighted by atomic mass is 16.6. The summed E-state index contributed by atoms with van der Waals surface area (Å²) in [7, 11) is 0. The molecule has 0 spiro atoms. The second-order valence-electron chi connectivity index (χ2n) is 8.41. The summed E-state index contributed by atoms with van der Waals surface area (Å²) in [6.07, 6.45) is 0.175. The van der Waals surface area contributed by atoms with E-state index < -0.39 is 29.3 Å². The van der Waals surface area contributed by atoms with Gasteiger partial charge in [0.25, 0.3) is 0 Å². The lowest BCUT2D eigenvalue weighted by molar-refractivity contribution is -0.136. The van der Waals surface area contributed by atoms with Crippen molar-refractivity contribution >= 4 is 23.0 Å². The Morgan fingerprint density at radius 1 is 1.06 bits per heavy atom. The van der Waals surface area contributed by atoms with Crippen LogP contribution in [0.5, 0.6) is 5.75 Å². The first-order valence-corrected chi connectivity index (χ1v) is 10.5. The Balaban J connectivity index is 1.83. The van der Waals surface area contributed by atoms with Crippen LogP contribution in [-0.4, -0.2) is 23.7 Å². The number of fused-ring (bicyclic) bond motifs is 1. The van der Waals surface area contributed by atoms with Crippen LogP contribution in [0.1, 0.15) is 38.8 Å². The third-order valence-electron chi connectivity index (χ3n) is 4.66. The molecule has 1 atom stereocenters. The number of benzene rings is 2. The lowest BCUT2D eigenvalue weighted by atomic mass is 10.1. The average Bonchev–Trinajstić information content (AvgIpc) is 2.71. The van der Waals surface area contributed by atoms with Gasteiger partial charge in [0.1, 0.15) is 23.0 Å². The van der Waals surface area contributed by atoms with Crippen molar-refractivity contribution in [2.45, 2.75) is 52.2 Å². The van der Waals surface area contributed by atoms with Crippen molar-refractivity contribution < 1.29 is 23.5 Å². The van der Waals surface area contributed by atoms with Gasteiger partial charge in [0.2, 0.25) is 0 Å². The third kappa shape index (κ3) is 6.20. The van der Waals surface area contributed by atoms with Crippen molar-refractivity contribution in [2.75, 3.05) is 0 Å². The van der Waals surface area contributed by atoms with E-state index in [-0.39, 0.29) is 12.2 Å². The lowest BCUT2D eigenvalue weighted by Crippen LogP contribution is -2.46. The highest BCUT2D eigenvalue weighted by molar-refractivity contribution is 5.85. The number of aryl methyl sites for hydroxylation is 1. The van der Waals surface area contributed by atoms with E-state index in [9.17, 15) is 14.4 Å². The van der Waals surface area contributed by atoms with Crippen molar-refractivity contribution in [1.82, 2.24) is 5.32 Å². The van der Waals surface area contributed by atoms with Gasteiger partial charge in [0.15, 0.2) is 0 Å². The standard InChI is InChI=1S/C25H27NO6/c1-5-17-14-22(27)31-21-15-18(11-12-19(17)21)30-23(28)20(13-16-9-7-6-8-10-16)26-24(29)32-25(2,3)4/h6-12,14-15,20H,5,13H2,1-4H3,(H,26,29)/t20-/m1/s1. The molecule has 1 aromatic heterocycles. The molecule has 1 amide bonds. The molecule has 0 bridgehead atoms. The maximum atomic E-state index is 13.0. The molecule has 3 rings (SSSR count). The van der Waals surface area contributed by atoms with Gasteiger partial charge in [-0.25, -0.2) is 14.4 Å². The zero-order valence-electron chi connectivity index (χ0n) is 18.6. The van der Waals surface area contributed by atoms with Crippen LogP contribution >= 0.6 is 0 Å². The molecule has 0 saturated carbocycles. The SMILES string of the molecule is CCc1cc(=O)oc2cc(OC(=O)[C@@H](Cc3ccccc3)NC(=O)OC(C)(C)C)ccc12. The summed E-state index contributed by atoms with van der Waals surface area (Å²) in [5, 5.41) is 3.37. The van der Waals surface area contributed by atoms with Crippen LogP contribution < -0.4 is 15.7 Å². The van der Waals surface area contributed by atoms with Gasteiger partial charge in [-0.15, -0.1) is 0 Å². The first-order chi connectivity index (χ1) is 15.1. The minimum absolute atomic E-state index is 0.211. The minimum Gasteiger partial charge on any atom is -0.444 e. The van der Waals surface area contributed by atoms with E-state index in [1.165, 1.54) is 12.1 Å². The van der Waals surface area contributed by atoms with Crippen molar-refractivity contribution in [3.8, 4) is 5.75 Å². The fourth-order valence-corrected chi connectivity index (χ4v) is 3.25. The fraction of sp³-hybridized carbons (Fsp3) is 0.320. The molecule has 2 aromatic carbocycles. The largest absolute Gasteiger partial charge is 0.444 e. The number of rotatable bonds is 6. The van der Waals surface area contributed by atoms with Crippen molar-refractivity contribution in [3.05, 3.63) is 76.1 Å². The van der Waals surface area contributed by atoms with Crippen LogP contribution in [0.3, 0.4) is 0 Å². The Labute approximate surface area is 186 Å². The highest BCUT2D eigenvalue weighted by Crippen LogP contribution is 2.23. The maximum Gasteiger partial charge on any atom is 0.408 e. The predicted molar refractivity (Wildman–Crippen MR) is 121 cm³/mol. The molecule has 0 aliphatic carbocycles. The first kappa shape index (κ1) is 23.1. The molecule has 0 fully saturated rings. The van der Waals surface area contributed by atoms with E-state index in [1.807, 2.05) is 37.3 Å². The van der Waals surface area contributed by atoms with E-state index in [2.05, 4.69) is 5.32 Å². The molecule has 7 heteroatoms. The Morgan fingerprint density at radius 2 is 1.78 bits per heavy atom. The molecule has 32 heavy (non-hydrogen) atoms. The molecule has 0 aliphatic heterocycles. The van der Waals surface area contributed by atoms with E-state index >= 15 is 0 Å². The third-order valence-corrected chi connectivity index (χ3v) is 4.66. The molecule has 1 N–H and O–H groups in total. The van der Waals surface area contributed by atoms with Gasteiger partial charge in [-0.1, -0.05) is 37.3 Å². The van der Waals surface area contributed by atoms with Gasteiger partial charge in [0.05, 0.1) is 0 Å². The minimum atomic E-state index is -0.975. The van der Waals surface area contributed by atoms with Crippen LogP contribution in [0.15, 0.2) is 63.8 Å². The van der Waals surface area contributed by atoms with Crippen LogP contribution in [-0.2, 0) is 22.4 Å². The van der Waals surface area contributed by atoms with Crippen LogP contribution in [0.4, 0.5) is 4.79 Å². The van der Waals surface area contributed by atoms with Gasteiger partial charge in [-0.2, -0.15) is 0 Å². The molecule has 168 valence electrons. The smallest absolute Gasteiger partial charge is 0.408 e. The zero-order chi connectivity index (χ0) is 23.3. The quantitative estimate of drug-likeness (QED) is 0.349. The second-order valence-corrected chi connectivity index (χ2v) is 8.41. The molecule has 7 nitrogen and oxygen atoms in total.